The van der Waals surface area contributed by atoms with Crippen LogP contribution in [-0.4, -0.2) is 36.7 Å². The Morgan fingerprint density at radius 2 is 1.97 bits per heavy atom. The van der Waals surface area contributed by atoms with Crippen LogP contribution < -0.4 is 5.43 Å². The van der Waals surface area contributed by atoms with Crippen molar-refractivity contribution in [2.24, 2.45) is 5.10 Å². The molecule has 146 valence electrons. The summed E-state index contributed by atoms with van der Waals surface area (Å²) in [5.74, 6) is -0.0798. The molecule has 0 radical (unpaired) electrons. The zero-order valence-electron chi connectivity index (χ0n) is 15.8. The third kappa shape index (κ3) is 3.99. The number of nitrogens with one attached hydrogen (secondary N) is 1. The molecular formula is C20H18N6O2S. The fourth-order valence-corrected chi connectivity index (χ4v) is 3.88. The number of aryl methyl sites for hydroxylation is 1. The van der Waals surface area contributed by atoms with Crippen molar-refractivity contribution in [3.63, 3.8) is 0 Å². The number of phenols is 1. The molecule has 0 fully saturated rings. The van der Waals surface area contributed by atoms with Gasteiger partial charge >= 0.3 is 0 Å². The Kier molecular flexibility index (Phi) is 5.05. The number of hydrazone groups is 1. The van der Waals surface area contributed by atoms with Gasteiger partial charge in [-0.3, -0.25) is 4.79 Å². The molecule has 0 aliphatic rings. The molecule has 0 saturated carbocycles. The third-order valence-electron chi connectivity index (χ3n) is 4.30. The van der Waals surface area contributed by atoms with Gasteiger partial charge in [0.05, 0.1) is 21.8 Å². The average molecular weight is 406 g/mol. The largest absolute Gasteiger partial charge is 0.508 e. The summed E-state index contributed by atoms with van der Waals surface area (Å²) in [7, 11) is 0. The highest BCUT2D eigenvalue weighted by Gasteiger charge is 2.13. The van der Waals surface area contributed by atoms with Gasteiger partial charge in [0.25, 0.3) is 5.91 Å². The minimum absolute atomic E-state index is 0.0255. The van der Waals surface area contributed by atoms with Crippen LogP contribution in [0.5, 0.6) is 5.75 Å². The second-order valence-electron chi connectivity index (χ2n) is 6.45. The number of benzene rings is 2. The number of carbonyl (C=O) groups excluding carboxylic acids is 1. The Hall–Kier alpha value is -3.59. The molecule has 0 unspecified atom stereocenters. The molecule has 0 bridgehead atoms. The highest BCUT2D eigenvalue weighted by Crippen LogP contribution is 2.29. The van der Waals surface area contributed by atoms with E-state index in [-0.39, 0.29) is 18.2 Å². The van der Waals surface area contributed by atoms with Crippen LogP contribution in [0.2, 0.25) is 0 Å². The first-order valence-electron chi connectivity index (χ1n) is 8.90. The molecule has 0 spiro atoms. The van der Waals surface area contributed by atoms with Crippen molar-refractivity contribution in [3.05, 3.63) is 59.1 Å². The standard InChI is InChI=1S/C20H18N6O2S/c1-12-19(29-20(21-12)14-7-9-15(27)10-8-14)13(2)22-24-18(28)11-26-17-6-4-3-5-16(17)23-25-26/h3-10,27H,11H2,1-2H3,(H,24,28)/b22-13+. The van der Waals surface area contributed by atoms with Gasteiger partial charge in [-0.05, 0) is 50.2 Å². The summed E-state index contributed by atoms with van der Waals surface area (Å²) in [6.07, 6.45) is 0. The highest BCUT2D eigenvalue weighted by molar-refractivity contribution is 7.17. The van der Waals surface area contributed by atoms with E-state index in [1.165, 1.54) is 16.0 Å². The molecule has 1 amide bonds. The first kappa shape index (κ1) is 18.8. The number of hydrogen-bond acceptors (Lipinski definition) is 7. The lowest BCUT2D eigenvalue weighted by atomic mass is 10.2. The Bertz CT molecular complexity index is 1210. The zero-order valence-corrected chi connectivity index (χ0v) is 16.6. The lowest BCUT2D eigenvalue weighted by Crippen LogP contribution is -2.24. The van der Waals surface area contributed by atoms with Gasteiger partial charge in [0, 0.05) is 5.56 Å². The number of rotatable bonds is 5. The molecule has 0 saturated heterocycles. The fraction of sp³-hybridized carbons (Fsp3) is 0.150. The van der Waals surface area contributed by atoms with Gasteiger partial charge in [0.2, 0.25) is 0 Å². The number of aromatic nitrogens is 4. The topological polar surface area (TPSA) is 105 Å². The maximum absolute atomic E-state index is 12.3. The highest BCUT2D eigenvalue weighted by atomic mass is 32.1. The van der Waals surface area contributed by atoms with Gasteiger partial charge in [-0.2, -0.15) is 5.10 Å². The first-order chi connectivity index (χ1) is 14.0. The van der Waals surface area contributed by atoms with Crippen molar-refractivity contribution in [2.75, 3.05) is 0 Å². The monoisotopic (exact) mass is 406 g/mol. The number of thiazole rings is 1. The second kappa shape index (κ2) is 7.80. The molecule has 4 aromatic rings. The van der Waals surface area contributed by atoms with Crippen LogP contribution in [0.15, 0.2) is 53.6 Å². The van der Waals surface area contributed by atoms with E-state index in [0.717, 1.165) is 32.2 Å². The van der Waals surface area contributed by atoms with Gasteiger partial charge in [-0.25, -0.2) is 15.1 Å². The van der Waals surface area contributed by atoms with Crippen LogP contribution in [0.4, 0.5) is 0 Å². The number of amides is 1. The molecule has 2 N–H and O–H groups in total. The number of carbonyl (C=O) groups is 1. The minimum atomic E-state index is -0.291. The first-order valence-corrected chi connectivity index (χ1v) is 9.71. The normalized spacial score (nSPS) is 11.7. The second-order valence-corrected chi connectivity index (χ2v) is 7.45. The summed E-state index contributed by atoms with van der Waals surface area (Å²) >= 11 is 1.48. The van der Waals surface area contributed by atoms with Crippen LogP contribution in [0, 0.1) is 6.92 Å². The van der Waals surface area contributed by atoms with Crippen LogP contribution in [0.25, 0.3) is 21.6 Å². The summed E-state index contributed by atoms with van der Waals surface area (Å²) in [6, 6.07) is 14.3. The van der Waals surface area contributed by atoms with E-state index >= 15 is 0 Å². The Morgan fingerprint density at radius 1 is 1.21 bits per heavy atom. The lowest BCUT2D eigenvalue weighted by molar-refractivity contribution is -0.121. The Balaban J connectivity index is 1.47. The van der Waals surface area contributed by atoms with Crippen molar-refractivity contribution in [1.82, 2.24) is 25.4 Å². The molecule has 2 aromatic carbocycles. The Labute approximate surface area is 170 Å². The molecule has 9 heteroatoms. The van der Waals surface area contributed by atoms with E-state index in [1.54, 1.807) is 12.1 Å². The lowest BCUT2D eigenvalue weighted by Gasteiger charge is -2.03. The van der Waals surface area contributed by atoms with Gasteiger partial charge in [0.15, 0.2) is 0 Å². The van der Waals surface area contributed by atoms with E-state index in [9.17, 15) is 9.90 Å². The molecule has 2 heterocycles. The fourth-order valence-electron chi connectivity index (χ4n) is 2.86. The van der Waals surface area contributed by atoms with Crippen molar-refractivity contribution in [2.45, 2.75) is 20.4 Å². The van der Waals surface area contributed by atoms with Gasteiger partial charge in [0.1, 0.15) is 22.8 Å². The van der Waals surface area contributed by atoms with E-state index in [1.807, 2.05) is 50.2 Å². The van der Waals surface area contributed by atoms with Crippen molar-refractivity contribution in [1.29, 1.82) is 0 Å². The van der Waals surface area contributed by atoms with Crippen molar-refractivity contribution in [3.8, 4) is 16.3 Å². The van der Waals surface area contributed by atoms with E-state index < -0.39 is 0 Å². The summed E-state index contributed by atoms with van der Waals surface area (Å²) in [6.45, 7) is 3.75. The third-order valence-corrected chi connectivity index (χ3v) is 5.62. The molecule has 0 aliphatic heterocycles. The molecule has 8 nitrogen and oxygen atoms in total. The zero-order chi connectivity index (χ0) is 20.4. The minimum Gasteiger partial charge on any atom is -0.508 e. The van der Waals surface area contributed by atoms with Gasteiger partial charge < -0.3 is 5.11 Å². The summed E-state index contributed by atoms with van der Waals surface area (Å²) in [4.78, 5) is 17.8. The van der Waals surface area contributed by atoms with Gasteiger partial charge in [-0.1, -0.05) is 17.3 Å². The maximum Gasteiger partial charge on any atom is 0.261 e. The molecule has 0 atom stereocenters. The molecule has 2 aromatic heterocycles. The van der Waals surface area contributed by atoms with Crippen LogP contribution >= 0.6 is 11.3 Å². The number of hydrogen-bond donors (Lipinski definition) is 2. The van der Waals surface area contributed by atoms with E-state index in [0.29, 0.717) is 5.71 Å². The van der Waals surface area contributed by atoms with Crippen molar-refractivity contribution >= 4 is 34.0 Å². The van der Waals surface area contributed by atoms with Crippen LogP contribution in [0.3, 0.4) is 0 Å². The number of fused-ring (bicyclic) bond motifs is 1. The summed E-state index contributed by atoms with van der Waals surface area (Å²) < 4.78 is 1.54. The van der Waals surface area contributed by atoms with E-state index in [2.05, 4.69) is 25.8 Å². The predicted molar refractivity (Wildman–Crippen MR) is 112 cm³/mol. The summed E-state index contributed by atoms with van der Waals surface area (Å²) in [5.41, 5.74) is 6.52. The average Bonchev–Trinajstić information content (AvgIpc) is 3.31. The van der Waals surface area contributed by atoms with Crippen molar-refractivity contribution < 1.29 is 9.90 Å². The predicted octanol–water partition coefficient (Wildman–Crippen LogP) is 3.11. The van der Waals surface area contributed by atoms with Gasteiger partial charge in [-0.15, -0.1) is 16.4 Å². The molecular weight excluding hydrogens is 388 g/mol. The van der Waals surface area contributed by atoms with Crippen LogP contribution in [0.1, 0.15) is 17.5 Å². The summed E-state index contributed by atoms with van der Waals surface area (Å²) in [5, 5.41) is 22.5. The SMILES string of the molecule is C/C(=N\NC(=O)Cn1nnc2ccccc21)c1sc(-c2ccc(O)cc2)nc1C. The number of nitrogens with zero attached hydrogens (tertiary/aromatic N) is 5. The quantitative estimate of drug-likeness (QED) is 0.391. The Morgan fingerprint density at radius 3 is 2.76 bits per heavy atom. The smallest absolute Gasteiger partial charge is 0.261 e. The number of aromatic hydroxyl groups is 1. The van der Waals surface area contributed by atoms with E-state index in [4.69, 9.17) is 0 Å². The molecule has 0 aliphatic carbocycles. The molecule has 4 rings (SSSR count). The number of para-hydroxylation sites is 1. The van der Waals surface area contributed by atoms with Crippen LogP contribution in [-0.2, 0) is 11.3 Å². The number of phenolic OH excluding ortho intramolecular Hbond substituents is 1. The maximum atomic E-state index is 12.3. The molecule has 29 heavy (non-hydrogen) atoms.